The van der Waals surface area contributed by atoms with E-state index in [9.17, 15) is 9.90 Å². The van der Waals surface area contributed by atoms with Crippen molar-refractivity contribution in [3.63, 3.8) is 0 Å². The molecule has 0 aliphatic heterocycles. The standard InChI is InChI=1S/C14H12BrNO3/c1-19-11-4-2-3-10(8-11)16-14(18)12-6-5-9(15)7-13(12)17/h2-8,17H,1H3,(H,16,18). The molecule has 0 radical (unpaired) electrons. The third kappa shape index (κ3) is 3.26. The number of phenols is 1. The van der Waals surface area contributed by atoms with E-state index in [4.69, 9.17) is 4.74 Å². The van der Waals surface area contributed by atoms with E-state index in [2.05, 4.69) is 21.2 Å². The molecule has 0 heterocycles. The number of phenolic OH excluding ortho intramolecular Hbond substituents is 1. The topological polar surface area (TPSA) is 58.6 Å². The summed E-state index contributed by atoms with van der Waals surface area (Å²) in [6, 6.07) is 11.7. The monoisotopic (exact) mass is 321 g/mol. The minimum atomic E-state index is -0.377. The van der Waals surface area contributed by atoms with Gasteiger partial charge in [-0.1, -0.05) is 22.0 Å². The van der Waals surface area contributed by atoms with Gasteiger partial charge in [-0.05, 0) is 30.3 Å². The van der Waals surface area contributed by atoms with Crippen molar-refractivity contribution in [1.82, 2.24) is 0 Å². The molecule has 2 aromatic rings. The molecule has 0 spiro atoms. The molecule has 19 heavy (non-hydrogen) atoms. The Bertz CT molecular complexity index is 613. The summed E-state index contributed by atoms with van der Waals surface area (Å²) in [7, 11) is 1.56. The highest BCUT2D eigenvalue weighted by Crippen LogP contribution is 2.24. The Hall–Kier alpha value is -2.01. The number of hydrogen-bond donors (Lipinski definition) is 2. The largest absolute Gasteiger partial charge is 0.507 e. The molecule has 0 saturated carbocycles. The highest BCUT2D eigenvalue weighted by atomic mass is 79.9. The summed E-state index contributed by atoms with van der Waals surface area (Å²) < 4.78 is 5.79. The van der Waals surface area contributed by atoms with Crippen LogP contribution in [0, 0.1) is 0 Å². The van der Waals surface area contributed by atoms with Crippen molar-refractivity contribution in [2.45, 2.75) is 0 Å². The Morgan fingerprint density at radius 2 is 2.05 bits per heavy atom. The van der Waals surface area contributed by atoms with E-state index in [0.29, 0.717) is 15.9 Å². The first-order valence-electron chi connectivity index (χ1n) is 5.54. The van der Waals surface area contributed by atoms with Gasteiger partial charge in [0.2, 0.25) is 0 Å². The van der Waals surface area contributed by atoms with Gasteiger partial charge in [0, 0.05) is 16.2 Å². The van der Waals surface area contributed by atoms with Crippen LogP contribution in [0.15, 0.2) is 46.9 Å². The molecule has 0 aliphatic carbocycles. The Kier molecular flexibility index (Phi) is 4.06. The van der Waals surface area contributed by atoms with Gasteiger partial charge in [-0.3, -0.25) is 4.79 Å². The molecule has 0 bridgehead atoms. The molecule has 0 aliphatic rings. The lowest BCUT2D eigenvalue weighted by Gasteiger charge is -2.08. The van der Waals surface area contributed by atoms with Crippen LogP contribution in [0.5, 0.6) is 11.5 Å². The van der Waals surface area contributed by atoms with Gasteiger partial charge in [-0.2, -0.15) is 0 Å². The molecule has 0 atom stereocenters. The smallest absolute Gasteiger partial charge is 0.259 e. The fraction of sp³-hybridized carbons (Fsp3) is 0.0714. The molecule has 4 nitrogen and oxygen atoms in total. The van der Waals surface area contributed by atoms with Crippen molar-refractivity contribution >= 4 is 27.5 Å². The number of rotatable bonds is 3. The van der Waals surface area contributed by atoms with Crippen LogP contribution in [0.1, 0.15) is 10.4 Å². The predicted molar refractivity (Wildman–Crippen MR) is 76.8 cm³/mol. The second-order valence-corrected chi connectivity index (χ2v) is 4.76. The number of amides is 1. The van der Waals surface area contributed by atoms with Crippen molar-refractivity contribution in [2.24, 2.45) is 0 Å². The summed E-state index contributed by atoms with van der Waals surface area (Å²) in [5.41, 5.74) is 0.817. The Morgan fingerprint density at radius 1 is 1.26 bits per heavy atom. The fourth-order valence-corrected chi connectivity index (χ4v) is 1.95. The summed E-state index contributed by atoms with van der Waals surface area (Å²) in [4.78, 5) is 12.0. The average Bonchev–Trinajstić information content (AvgIpc) is 2.38. The first-order valence-corrected chi connectivity index (χ1v) is 6.33. The number of nitrogens with one attached hydrogen (secondary N) is 1. The SMILES string of the molecule is COc1cccc(NC(=O)c2ccc(Br)cc2O)c1. The number of halogens is 1. The van der Waals surface area contributed by atoms with Crippen LogP contribution in [0.2, 0.25) is 0 Å². The molecule has 0 aromatic heterocycles. The molecule has 5 heteroatoms. The second kappa shape index (κ2) is 5.75. The van der Waals surface area contributed by atoms with Crippen LogP contribution in [0.25, 0.3) is 0 Å². The number of hydrogen-bond acceptors (Lipinski definition) is 3. The minimum Gasteiger partial charge on any atom is -0.507 e. The summed E-state index contributed by atoms with van der Waals surface area (Å²) in [5, 5.41) is 12.4. The highest BCUT2D eigenvalue weighted by molar-refractivity contribution is 9.10. The Morgan fingerprint density at radius 3 is 2.74 bits per heavy atom. The van der Waals surface area contributed by atoms with Gasteiger partial charge in [0.15, 0.2) is 0 Å². The van der Waals surface area contributed by atoms with Crippen LogP contribution in [0.4, 0.5) is 5.69 Å². The zero-order valence-corrected chi connectivity index (χ0v) is 11.8. The second-order valence-electron chi connectivity index (χ2n) is 3.85. The molecule has 0 fully saturated rings. The van der Waals surface area contributed by atoms with E-state index in [1.807, 2.05) is 0 Å². The van der Waals surface area contributed by atoms with Crippen molar-refractivity contribution in [1.29, 1.82) is 0 Å². The van der Waals surface area contributed by atoms with Crippen LogP contribution in [0.3, 0.4) is 0 Å². The summed E-state index contributed by atoms with van der Waals surface area (Å²) in [5.74, 6) is 0.200. The number of ether oxygens (including phenoxy) is 1. The number of benzene rings is 2. The molecular weight excluding hydrogens is 310 g/mol. The number of carbonyl (C=O) groups is 1. The van der Waals surface area contributed by atoms with Gasteiger partial charge >= 0.3 is 0 Å². The average molecular weight is 322 g/mol. The van der Waals surface area contributed by atoms with Gasteiger partial charge in [0.25, 0.3) is 5.91 Å². The number of methoxy groups -OCH3 is 1. The van der Waals surface area contributed by atoms with Crippen molar-refractivity contribution in [3.8, 4) is 11.5 Å². The quantitative estimate of drug-likeness (QED) is 0.910. The van der Waals surface area contributed by atoms with E-state index < -0.39 is 0 Å². The summed E-state index contributed by atoms with van der Waals surface area (Å²) >= 11 is 3.22. The Labute approximate surface area is 119 Å². The minimum absolute atomic E-state index is 0.0743. The normalized spacial score (nSPS) is 10.0. The lowest BCUT2D eigenvalue weighted by atomic mass is 10.2. The number of anilines is 1. The lowest BCUT2D eigenvalue weighted by molar-refractivity contribution is 0.102. The first-order chi connectivity index (χ1) is 9.10. The molecule has 2 aromatic carbocycles. The third-order valence-corrected chi connectivity index (χ3v) is 3.03. The maximum atomic E-state index is 12.0. The molecule has 2 rings (SSSR count). The van der Waals surface area contributed by atoms with E-state index in [1.54, 1.807) is 43.5 Å². The van der Waals surface area contributed by atoms with Gasteiger partial charge in [-0.15, -0.1) is 0 Å². The molecule has 98 valence electrons. The van der Waals surface area contributed by atoms with Crippen molar-refractivity contribution < 1.29 is 14.6 Å². The molecule has 0 saturated heterocycles. The molecule has 2 N–H and O–H groups in total. The van der Waals surface area contributed by atoms with Gasteiger partial charge in [0.1, 0.15) is 11.5 Å². The molecule has 1 amide bonds. The fourth-order valence-electron chi connectivity index (χ4n) is 1.60. The van der Waals surface area contributed by atoms with Gasteiger partial charge in [-0.25, -0.2) is 0 Å². The molecule has 0 unspecified atom stereocenters. The zero-order chi connectivity index (χ0) is 13.8. The van der Waals surface area contributed by atoms with Crippen LogP contribution in [-0.2, 0) is 0 Å². The van der Waals surface area contributed by atoms with E-state index in [-0.39, 0.29) is 17.2 Å². The summed E-state index contributed by atoms with van der Waals surface area (Å²) in [6.07, 6.45) is 0. The number of carbonyl (C=O) groups excluding carboxylic acids is 1. The highest BCUT2D eigenvalue weighted by Gasteiger charge is 2.11. The lowest BCUT2D eigenvalue weighted by Crippen LogP contribution is -2.12. The van der Waals surface area contributed by atoms with Gasteiger partial charge in [0.05, 0.1) is 12.7 Å². The van der Waals surface area contributed by atoms with Crippen LogP contribution >= 0.6 is 15.9 Å². The van der Waals surface area contributed by atoms with Crippen molar-refractivity contribution in [3.05, 3.63) is 52.5 Å². The first kappa shape index (κ1) is 13.4. The van der Waals surface area contributed by atoms with E-state index >= 15 is 0 Å². The van der Waals surface area contributed by atoms with Crippen LogP contribution in [-0.4, -0.2) is 18.1 Å². The number of aromatic hydroxyl groups is 1. The Balaban J connectivity index is 2.20. The van der Waals surface area contributed by atoms with E-state index in [1.165, 1.54) is 6.07 Å². The summed E-state index contributed by atoms with van der Waals surface area (Å²) in [6.45, 7) is 0. The van der Waals surface area contributed by atoms with Crippen molar-refractivity contribution in [2.75, 3.05) is 12.4 Å². The maximum absolute atomic E-state index is 12.0. The van der Waals surface area contributed by atoms with E-state index in [0.717, 1.165) is 0 Å². The third-order valence-electron chi connectivity index (χ3n) is 2.53. The van der Waals surface area contributed by atoms with Crippen LogP contribution < -0.4 is 10.1 Å². The van der Waals surface area contributed by atoms with Gasteiger partial charge < -0.3 is 15.2 Å². The predicted octanol–water partition coefficient (Wildman–Crippen LogP) is 3.42. The molecular formula is C14H12BrNO3. The zero-order valence-electron chi connectivity index (χ0n) is 10.2. The maximum Gasteiger partial charge on any atom is 0.259 e.